The van der Waals surface area contributed by atoms with Gasteiger partial charge >= 0.3 is 0 Å². The van der Waals surface area contributed by atoms with Crippen molar-refractivity contribution in [3.05, 3.63) is 65.8 Å². The largest absolute Gasteiger partial charge is 0.419 e. The predicted octanol–water partition coefficient (Wildman–Crippen LogP) is 3.77. The fourth-order valence-corrected chi connectivity index (χ4v) is 2.12. The SMILES string of the molecule is Cc1cncc(-c2nnc(C(Cl)c3ccccc3)o2)c1. The topological polar surface area (TPSA) is 51.8 Å². The first kappa shape index (κ1) is 12.8. The molecular formula is C15H12ClN3O. The second-order valence-corrected chi connectivity index (χ2v) is 4.91. The Morgan fingerprint density at radius 1 is 1.10 bits per heavy atom. The summed E-state index contributed by atoms with van der Waals surface area (Å²) in [5, 5.41) is 7.61. The van der Waals surface area contributed by atoms with E-state index in [4.69, 9.17) is 16.0 Å². The molecule has 0 saturated carbocycles. The maximum Gasteiger partial charge on any atom is 0.249 e. The number of hydrogen-bond donors (Lipinski definition) is 0. The van der Waals surface area contributed by atoms with Crippen molar-refractivity contribution in [2.24, 2.45) is 0 Å². The monoisotopic (exact) mass is 285 g/mol. The molecule has 1 aromatic carbocycles. The molecule has 0 fully saturated rings. The summed E-state index contributed by atoms with van der Waals surface area (Å²) in [4.78, 5) is 4.11. The fourth-order valence-electron chi connectivity index (χ4n) is 1.89. The molecule has 3 rings (SSSR count). The van der Waals surface area contributed by atoms with Crippen LogP contribution in [0.2, 0.25) is 0 Å². The van der Waals surface area contributed by atoms with E-state index in [1.165, 1.54) is 0 Å². The molecule has 0 aliphatic rings. The number of benzene rings is 1. The van der Waals surface area contributed by atoms with Crippen molar-refractivity contribution < 1.29 is 4.42 Å². The lowest BCUT2D eigenvalue weighted by Gasteiger charge is -2.03. The van der Waals surface area contributed by atoms with Crippen LogP contribution in [0.3, 0.4) is 0 Å². The van der Waals surface area contributed by atoms with Gasteiger partial charge in [-0.3, -0.25) is 4.98 Å². The summed E-state index contributed by atoms with van der Waals surface area (Å²) in [7, 11) is 0. The van der Waals surface area contributed by atoms with Crippen molar-refractivity contribution >= 4 is 11.6 Å². The first-order valence-corrected chi connectivity index (χ1v) is 6.62. The zero-order chi connectivity index (χ0) is 13.9. The van der Waals surface area contributed by atoms with Gasteiger partial charge in [-0.25, -0.2) is 0 Å². The van der Waals surface area contributed by atoms with Crippen LogP contribution in [0.15, 0.2) is 53.2 Å². The van der Waals surface area contributed by atoms with E-state index in [-0.39, 0.29) is 0 Å². The van der Waals surface area contributed by atoms with Crippen LogP contribution in [0.1, 0.15) is 22.4 Å². The lowest BCUT2D eigenvalue weighted by atomic mass is 10.1. The molecule has 0 N–H and O–H groups in total. The zero-order valence-corrected chi connectivity index (χ0v) is 11.6. The van der Waals surface area contributed by atoms with Crippen LogP contribution < -0.4 is 0 Å². The first-order valence-electron chi connectivity index (χ1n) is 6.18. The maximum absolute atomic E-state index is 6.35. The molecule has 2 aromatic heterocycles. The van der Waals surface area contributed by atoms with Gasteiger partial charge in [0.25, 0.3) is 0 Å². The van der Waals surface area contributed by atoms with Crippen LogP contribution >= 0.6 is 11.6 Å². The highest BCUT2D eigenvalue weighted by Crippen LogP contribution is 2.29. The van der Waals surface area contributed by atoms with Gasteiger partial charge in [0.15, 0.2) is 0 Å². The Bertz CT molecular complexity index is 712. The Labute approximate surface area is 121 Å². The fraction of sp³-hybridized carbons (Fsp3) is 0.133. The van der Waals surface area contributed by atoms with Crippen LogP contribution in [0.25, 0.3) is 11.5 Å². The van der Waals surface area contributed by atoms with E-state index in [9.17, 15) is 0 Å². The van der Waals surface area contributed by atoms with Gasteiger partial charge in [-0.15, -0.1) is 21.8 Å². The molecule has 1 atom stereocenters. The van der Waals surface area contributed by atoms with Crippen molar-refractivity contribution in [2.75, 3.05) is 0 Å². The summed E-state index contributed by atoms with van der Waals surface area (Å²) < 4.78 is 5.65. The minimum Gasteiger partial charge on any atom is -0.419 e. The Kier molecular flexibility index (Phi) is 3.48. The van der Waals surface area contributed by atoms with Crippen LogP contribution in [0.4, 0.5) is 0 Å². The Balaban J connectivity index is 1.91. The number of halogens is 1. The number of nitrogens with zero attached hydrogens (tertiary/aromatic N) is 3. The normalized spacial score (nSPS) is 12.3. The van der Waals surface area contributed by atoms with E-state index >= 15 is 0 Å². The molecule has 0 aliphatic carbocycles. The van der Waals surface area contributed by atoms with Gasteiger partial charge in [0.1, 0.15) is 5.38 Å². The molecule has 4 nitrogen and oxygen atoms in total. The van der Waals surface area contributed by atoms with Crippen LogP contribution in [0, 0.1) is 6.92 Å². The molecule has 0 amide bonds. The smallest absolute Gasteiger partial charge is 0.249 e. The van der Waals surface area contributed by atoms with E-state index in [0.29, 0.717) is 11.8 Å². The van der Waals surface area contributed by atoms with Gasteiger partial charge in [-0.1, -0.05) is 30.3 Å². The maximum atomic E-state index is 6.35. The average Bonchev–Trinajstić information content (AvgIpc) is 2.97. The molecular weight excluding hydrogens is 274 g/mol. The number of pyridine rings is 1. The summed E-state index contributed by atoms with van der Waals surface area (Å²) in [5.74, 6) is 0.812. The summed E-state index contributed by atoms with van der Waals surface area (Å²) in [6.45, 7) is 1.96. The van der Waals surface area contributed by atoms with E-state index in [1.807, 2.05) is 43.3 Å². The van der Waals surface area contributed by atoms with Crippen LogP contribution in [0.5, 0.6) is 0 Å². The standard InChI is InChI=1S/C15H12ClN3O/c1-10-7-12(9-17-8-10)14-18-19-15(20-14)13(16)11-5-3-2-4-6-11/h2-9,13H,1H3. The third kappa shape index (κ3) is 2.56. The Morgan fingerprint density at radius 3 is 2.65 bits per heavy atom. The molecule has 5 heteroatoms. The quantitative estimate of drug-likeness (QED) is 0.687. The lowest BCUT2D eigenvalue weighted by molar-refractivity contribution is 0.513. The highest BCUT2D eigenvalue weighted by molar-refractivity contribution is 6.22. The minimum absolute atomic E-state index is 0.384. The van der Waals surface area contributed by atoms with Gasteiger partial charge in [-0.2, -0.15) is 0 Å². The number of aromatic nitrogens is 3. The van der Waals surface area contributed by atoms with Crippen molar-refractivity contribution in [2.45, 2.75) is 12.3 Å². The van der Waals surface area contributed by atoms with Crippen molar-refractivity contribution in [3.8, 4) is 11.5 Å². The van der Waals surface area contributed by atoms with Gasteiger partial charge in [0.05, 0.1) is 5.56 Å². The number of alkyl halides is 1. The Hall–Kier alpha value is -2.20. The van der Waals surface area contributed by atoms with Gasteiger partial charge in [0, 0.05) is 12.4 Å². The number of rotatable bonds is 3. The second kappa shape index (κ2) is 5.43. The molecule has 0 bridgehead atoms. The number of aryl methyl sites for hydroxylation is 1. The van der Waals surface area contributed by atoms with Crippen molar-refractivity contribution in [1.29, 1.82) is 0 Å². The highest BCUT2D eigenvalue weighted by atomic mass is 35.5. The molecule has 0 saturated heterocycles. The van der Waals surface area contributed by atoms with Crippen LogP contribution in [-0.2, 0) is 0 Å². The lowest BCUT2D eigenvalue weighted by Crippen LogP contribution is -1.92. The molecule has 0 aliphatic heterocycles. The Morgan fingerprint density at radius 2 is 1.90 bits per heavy atom. The molecule has 1 unspecified atom stereocenters. The highest BCUT2D eigenvalue weighted by Gasteiger charge is 2.18. The summed E-state index contributed by atoms with van der Waals surface area (Å²) in [6.07, 6.45) is 3.46. The number of hydrogen-bond acceptors (Lipinski definition) is 4. The van der Waals surface area contributed by atoms with Gasteiger partial charge < -0.3 is 4.42 Å². The molecule has 0 spiro atoms. The molecule has 2 heterocycles. The minimum atomic E-state index is -0.449. The molecule has 100 valence electrons. The average molecular weight is 286 g/mol. The molecule has 20 heavy (non-hydrogen) atoms. The van der Waals surface area contributed by atoms with Crippen molar-refractivity contribution in [3.63, 3.8) is 0 Å². The van der Waals surface area contributed by atoms with E-state index < -0.39 is 5.38 Å². The zero-order valence-electron chi connectivity index (χ0n) is 10.8. The van der Waals surface area contributed by atoms with Crippen LogP contribution in [-0.4, -0.2) is 15.2 Å². The van der Waals surface area contributed by atoms with E-state index in [0.717, 1.165) is 16.7 Å². The van der Waals surface area contributed by atoms with E-state index in [1.54, 1.807) is 12.4 Å². The summed E-state index contributed by atoms with van der Waals surface area (Å²) in [5.41, 5.74) is 2.75. The van der Waals surface area contributed by atoms with Gasteiger partial charge in [0.2, 0.25) is 11.8 Å². The molecule has 3 aromatic rings. The predicted molar refractivity (Wildman–Crippen MR) is 76.4 cm³/mol. The summed E-state index contributed by atoms with van der Waals surface area (Å²) >= 11 is 6.35. The first-order chi connectivity index (χ1) is 9.74. The third-order valence-electron chi connectivity index (χ3n) is 2.87. The van der Waals surface area contributed by atoms with E-state index in [2.05, 4.69) is 15.2 Å². The summed E-state index contributed by atoms with van der Waals surface area (Å²) in [6, 6.07) is 11.6. The molecule has 0 radical (unpaired) electrons. The third-order valence-corrected chi connectivity index (χ3v) is 3.31. The second-order valence-electron chi connectivity index (χ2n) is 4.47. The van der Waals surface area contributed by atoms with Crippen molar-refractivity contribution in [1.82, 2.24) is 15.2 Å². The van der Waals surface area contributed by atoms with Gasteiger partial charge in [-0.05, 0) is 24.1 Å².